The van der Waals surface area contributed by atoms with Crippen LogP contribution < -0.4 is 5.32 Å². The van der Waals surface area contributed by atoms with Crippen LogP contribution in [0.3, 0.4) is 0 Å². The van der Waals surface area contributed by atoms with Crippen molar-refractivity contribution in [2.24, 2.45) is 5.92 Å². The highest BCUT2D eigenvalue weighted by molar-refractivity contribution is 5.82. The van der Waals surface area contributed by atoms with Crippen molar-refractivity contribution in [1.29, 1.82) is 0 Å². The number of aliphatic hydroxyl groups is 1. The number of aliphatic hydroxyl groups excluding tert-OH is 1. The quantitative estimate of drug-likeness (QED) is 0.576. The summed E-state index contributed by atoms with van der Waals surface area (Å²) in [5, 5.41) is 12.4. The van der Waals surface area contributed by atoms with Crippen LogP contribution in [0.4, 0.5) is 0 Å². The molecule has 17 heavy (non-hydrogen) atoms. The third kappa shape index (κ3) is 5.84. The highest BCUT2D eigenvalue weighted by Gasteiger charge is 2.19. The number of rotatable bonds is 3. The van der Waals surface area contributed by atoms with Crippen LogP contribution in [0.1, 0.15) is 33.6 Å². The zero-order valence-corrected chi connectivity index (χ0v) is 10.9. The van der Waals surface area contributed by atoms with Crippen molar-refractivity contribution in [2.75, 3.05) is 13.2 Å². The SMILES string of the molecule is CC(C)(C)OC(=O)/C=C/C1CC(CO)CCN1. The Morgan fingerprint density at radius 1 is 1.53 bits per heavy atom. The summed E-state index contributed by atoms with van der Waals surface area (Å²) < 4.78 is 5.18. The second kappa shape index (κ2) is 6.17. The molecular formula is C13H23NO3. The normalized spacial score (nSPS) is 26.1. The topological polar surface area (TPSA) is 58.6 Å². The molecule has 0 amide bonds. The highest BCUT2D eigenvalue weighted by atomic mass is 16.6. The average molecular weight is 241 g/mol. The molecule has 1 heterocycles. The van der Waals surface area contributed by atoms with Crippen molar-refractivity contribution in [3.63, 3.8) is 0 Å². The van der Waals surface area contributed by atoms with Crippen LogP contribution in [0, 0.1) is 5.92 Å². The Bertz CT molecular complexity index is 281. The monoisotopic (exact) mass is 241 g/mol. The summed E-state index contributed by atoms with van der Waals surface area (Å²) in [6.07, 6.45) is 5.17. The molecule has 1 rings (SSSR count). The molecule has 0 saturated carbocycles. The fourth-order valence-electron chi connectivity index (χ4n) is 1.88. The molecule has 4 nitrogen and oxygen atoms in total. The molecule has 0 radical (unpaired) electrons. The zero-order chi connectivity index (χ0) is 12.9. The van der Waals surface area contributed by atoms with E-state index in [2.05, 4.69) is 5.32 Å². The molecule has 1 fully saturated rings. The van der Waals surface area contributed by atoms with Crippen LogP contribution in [-0.2, 0) is 9.53 Å². The minimum absolute atomic E-state index is 0.161. The molecule has 2 unspecified atom stereocenters. The molecule has 1 aliphatic rings. The molecule has 1 aliphatic heterocycles. The van der Waals surface area contributed by atoms with Gasteiger partial charge in [-0.25, -0.2) is 4.79 Å². The van der Waals surface area contributed by atoms with Crippen molar-refractivity contribution in [3.8, 4) is 0 Å². The number of esters is 1. The van der Waals surface area contributed by atoms with Gasteiger partial charge in [-0.15, -0.1) is 0 Å². The van der Waals surface area contributed by atoms with Gasteiger partial charge in [0, 0.05) is 18.7 Å². The van der Waals surface area contributed by atoms with Gasteiger partial charge >= 0.3 is 5.97 Å². The van der Waals surface area contributed by atoms with E-state index < -0.39 is 5.60 Å². The van der Waals surface area contributed by atoms with Crippen molar-refractivity contribution in [3.05, 3.63) is 12.2 Å². The molecule has 0 bridgehead atoms. The number of piperidine rings is 1. The predicted octanol–water partition coefficient (Wildman–Crippen LogP) is 1.24. The van der Waals surface area contributed by atoms with E-state index in [1.54, 1.807) is 0 Å². The largest absolute Gasteiger partial charge is 0.457 e. The van der Waals surface area contributed by atoms with Crippen LogP contribution in [-0.4, -0.2) is 35.9 Å². The van der Waals surface area contributed by atoms with Crippen molar-refractivity contribution in [1.82, 2.24) is 5.32 Å². The molecule has 0 aromatic rings. The van der Waals surface area contributed by atoms with Gasteiger partial charge in [-0.05, 0) is 46.1 Å². The standard InChI is InChI=1S/C13H23NO3/c1-13(2,3)17-12(16)5-4-11-8-10(9-15)6-7-14-11/h4-5,10-11,14-15H,6-9H2,1-3H3/b5-4+. The first-order valence-electron chi connectivity index (χ1n) is 6.16. The first-order valence-corrected chi connectivity index (χ1v) is 6.16. The summed E-state index contributed by atoms with van der Waals surface area (Å²) in [7, 11) is 0. The second-order valence-electron chi connectivity index (χ2n) is 5.53. The van der Waals surface area contributed by atoms with Crippen molar-refractivity contribution in [2.45, 2.75) is 45.3 Å². The first-order chi connectivity index (χ1) is 7.90. The van der Waals surface area contributed by atoms with Crippen molar-refractivity contribution >= 4 is 5.97 Å². The molecule has 98 valence electrons. The maximum atomic E-state index is 11.5. The van der Waals surface area contributed by atoms with Crippen LogP contribution in [0.5, 0.6) is 0 Å². The van der Waals surface area contributed by atoms with Gasteiger partial charge < -0.3 is 15.2 Å². The number of hydrogen-bond acceptors (Lipinski definition) is 4. The average Bonchev–Trinajstić information content (AvgIpc) is 2.24. The maximum Gasteiger partial charge on any atom is 0.330 e. The van der Waals surface area contributed by atoms with Gasteiger partial charge in [0.25, 0.3) is 0 Å². The van der Waals surface area contributed by atoms with Gasteiger partial charge in [0.1, 0.15) is 5.60 Å². The minimum Gasteiger partial charge on any atom is -0.457 e. The summed E-state index contributed by atoms with van der Waals surface area (Å²) >= 11 is 0. The predicted molar refractivity (Wildman–Crippen MR) is 66.6 cm³/mol. The lowest BCUT2D eigenvalue weighted by Gasteiger charge is -2.27. The van der Waals surface area contributed by atoms with Crippen LogP contribution in [0.15, 0.2) is 12.2 Å². The van der Waals surface area contributed by atoms with Crippen LogP contribution in [0.25, 0.3) is 0 Å². The Morgan fingerprint density at radius 3 is 2.82 bits per heavy atom. The molecular weight excluding hydrogens is 218 g/mol. The number of nitrogens with one attached hydrogen (secondary N) is 1. The van der Waals surface area contributed by atoms with E-state index in [1.165, 1.54) is 6.08 Å². The van der Waals surface area contributed by atoms with E-state index in [-0.39, 0.29) is 18.6 Å². The summed E-state index contributed by atoms with van der Waals surface area (Å²) in [6, 6.07) is 0.161. The Hall–Kier alpha value is -0.870. The number of carbonyl (C=O) groups excluding carboxylic acids is 1. The molecule has 0 aromatic heterocycles. The summed E-state index contributed by atoms with van der Waals surface area (Å²) in [5.74, 6) is 0.0231. The molecule has 2 N–H and O–H groups in total. The van der Waals surface area contributed by atoms with Gasteiger partial charge in [0.05, 0.1) is 0 Å². The number of hydrogen-bond donors (Lipinski definition) is 2. The van der Waals surface area contributed by atoms with E-state index in [0.29, 0.717) is 5.92 Å². The zero-order valence-electron chi connectivity index (χ0n) is 10.9. The lowest BCUT2D eigenvalue weighted by molar-refractivity contribution is -0.148. The Morgan fingerprint density at radius 2 is 2.24 bits per heavy atom. The number of ether oxygens (including phenoxy) is 1. The van der Waals surface area contributed by atoms with Gasteiger partial charge in [-0.1, -0.05) is 6.08 Å². The van der Waals surface area contributed by atoms with Crippen molar-refractivity contribution < 1.29 is 14.6 Å². The van der Waals surface area contributed by atoms with Gasteiger partial charge in [-0.2, -0.15) is 0 Å². The van der Waals surface area contributed by atoms with E-state index in [1.807, 2.05) is 26.8 Å². The lowest BCUT2D eigenvalue weighted by atomic mass is 9.93. The smallest absolute Gasteiger partial charge is 0.330 e. The molecule has 1 saturated heterocycles. The fourth-order valence-corrected chi connectivity index (χ4v) is 1.88. The summed E-state index contributed by atoms with van der Waals surface area (Å²) in [6.45, 7) is 6.64. The minimum atomic E-state index is -0.449. The van der Waals surface area contributed by atoms with E-state index in [4.69, 9.17) is 9.84 Å². The van der Waals surface area contributed by atoms with Crippen LogP contribution >= 0.6 is 0 Å². The Balaban J connectivity index is 2.39. The molecule has 0 aliphatic carbocycles. The van der Waals surface area contributed by atoms with Crippen LogP contribution in [0.2, 0.25) is 0 Å². The third-order valence-corrected chi connectivity index (χ3v) is 2.68. The fraction of sp³-hybridized carbons (Fsp3) is 0.769. The third-order valence-electron chi connectivity index (χ3n) is 2.68. The van der Waals surface area contributed by atoms with E-state index in [9.17, 15) is 4.79 Å². The number of carbonyl (C=O) groups is 1. The molecule has 0 aromatic carbocycles. The van der Waals surface area contributed by atoms with E-state index >= 15 is 0 Å². The molecule has 2 atom stereocenters. The molecule has 0 spiro atoms. The van der Waals surface area contributed by atoms with E-state index in [0.717, 1.165) is 19.4 Å². The summed E-state index contributed by atoms with van der Waals surface area (Å²) in [5.41, 5.74) is -0.449. The maximum absolute atomic E-state index is 11.5. The second-order valence-corrected chi connectivity index (χ2v) is 5.53. The van der Waals surface area contributed by atoms with Gasteiger partial charge in [-0.3, -0.25) is 0 Å². The lowest BCUT2D eigenvalue weighted by Crippen LogP contribution is -2.38. The molecule has 4 heteroatoms. The van der Waals surface area contributed by atoms with Gasteiger partial charge in [0.15, 0.2) is 0 Å². The first kappa shape index (κ1) is 14.2. The summed E-state index contributed by atoms with van der Waals surface area (Å²) in [4.78, 5) is 11.5. The Kier molecular flexibility index (Phi) is 5.15. The van der Waals surface area contributed by atoms with Gasteiger partial charge in [0.2, 0.25) is 0 Å². The Labute approximate surface area is 103 Å². The highest BCUT2D eigenvalue weighted by Crippen LogP contribution is 2.16.